The molecule has 1 N–H and O–H groups in total. The van der Waals surface area contributed by atoms with Crippen molar-refractivity contribution in [2.24, 2.45) is 0 Å². The number of carbonyl (C=O) groups is 1. The zero-order chi connectivity index (χ0) is 14.6. The molecule has 1 fully saturated rings. The van der Waals surface area contributed by atoms with Gasteiger partial charge in [-0.15, -0.1) is 0 Å². The first-order valence-electron chi connectivity index (χ1n) is 6.33. The Morgan fingerprint density at radius 1 is 1.35 bits per heavy atom. The summed E-state index contributed by atoms with van der Waals surface area (Å²) in [5.41, 5.74) is 0. The average Bonchev–Trinajstić information content (AvgIpc) is 2.39. The van der Waals surface area contributed by atoms with Crippen molar-refractivity contribution >= 4 is 15.7 Å². The quantitative estimate of drug-likeness (QED) is 0.896. The van der Waals surface area contributed by atoms with Crippen molar-refractivity contribution < 1.29 is 22.3 Å². The minimum atomic E-state index is -3.82. The summed E-state index contributed by atoms with van der Waals surface area (Å²) in [5, 5.41) is 2.67. The molecule has 0 bridgehead atoms. The molecule has 1 amide bonds. The van der Waals surface area contributed by atoms with Gasteiger partial charge in [-0.2, -0.15) is 0 Å². The highest BCUT2D eigenvalue weighted by molar-refractivity contribution is 7.92. The number of ether oxygens (including phenoxy) is 1. The molecule has 0 aromatic heterocycles. The van der Waals surface area contributed by atoms with E-state index in [1.807, 2.05) is 0 Å². The van der Waals surface area contributed by atoms with Gasteiger partial charge in [-0.05, 0) is 31.0 Å². The first-order chi connectivity index (χ1) is 9.47. The molecule has 1 aromatic carbocycles. The number of hydrogen-bond acceptors (Lipinski definition) is 4. The maximum Gasteiger partial charge on any atom is 0.235 e. The number of hydrogen-bond donors (Lipinski definition) is 1. The first kappa shape index (κ1) is 14.9. The Kier molecular flexibility index (Phi) is 4.72. The van der Waals surface area contributed by atoms with E-state index < -0.39 is 27.3 Å². The van der Waals surface area contributed by atoms with Gasteiger partial charge in [-0.1, -0.05) is 6.07 Å². The SMILES string of the molecule is O=C(CS(=O)(=O)c1cccc(F)c1)NC1CCOCC1. The van der Waals surface area contributed by atoms with E-state index in [2.05, 4.69) is 5.32 Å². The van der Waals surface area contributed by atoms with Crippen LogP contribution in [0.25, 0.3) is 0 Å². The normalized spacial score (nSPS) is 16.9. The minimum absolute atomic E-state index is 0.0565. The molecule has 0 saturated carbocycles. The topological polar surface area (TPSA) is 72.5 Å². The van der Waals surface area contributed by atoms with Crippen LogP contribution in [0.1, 0.15) is 12.8 Å². The molecule has 0 radical (unpaired) electrons. The van der Waals surface area contributed by atoms with E-state index in [4.69, 9.17) is 4.74 Å². The van der Waals surface area contributed by atoms with Crippen LogP contribution in [0.4, 0.5) is 4.39 Å². The summed E-state index contributed by atoms with van der Waals surface area (Å²) in [5.74, 6) is -1.88. The van der Waals surface area contributed by atoms with Crippen molar-refractivity contribution in [3.05, 3.63) is 30.1 Å². The van der Waals surface area contributed by atoms with Crippen LogP contribution in [0.15, 0.2) is 29.2 Å². The van der Waals surface area contributed by atoms with Crippen molar-refractivity contribution in [2.75, 3.05) is 19.0 Å². The lowest BCUT2D eigenvalue weighted by Crippen LogP contribution is -2.41. The number of carbonyl (C=O) groups excluding carboxylic acids is 1. The number of rotatable bonds is 4. The second kappa shape index (κ2) is 6.32. The molecule has 0 unspecified atom stereocenters. The molecule has 0 aliphatic carbocycles. The van der Waals surface area contributed by atoms with E-state index in [9.17, 15) is 17.6 Å². The fourth-order valence-corrected chi connectivity index (χ4v) is 3.20. The molecule has 1 aliphatic heterocycles. The summed E-state index contributed by atoms with van der Waals surface area (Å²) >= 11 is 0. The van der Waals surface area contributed by atoms with Crippen LogP contribution < -0.4 is 5.32 Å². The Morgan fingerprint density at radius 3 is 2.70 bits per heavy atom. The lowest BCUT2D eigenvalue weighted by atomic mass is 10.1. The van der Waals surface area contributed by atoms with Crippen LogP contribution in [0, 0.1) is 5.82 Å². The van der Waals surface area contributed by atoms with Gasteiger partial charge in [0.25, 0.3) is 0 Å². The Morgan fingerprint density at radius 2 is 2.05 bits per heavy atom. The average molecular weight is 301 g/mol. The summed E-state index contributed by atoms with van der Waals surface area (Å²) in [7, 11) is -3.82. The number of nitrogens with one attached hydrogen (secondary N) is 1. The Balaban J connectivity index is 1.99. The van der Waals surface area contributed by atoms with Gasteiger partial charge in [0, 0.05) is 19.3 Å². The van der Waals surface area contributed by atoms with Gasteiger partial charge < -0.3 is 10.1 Å². The zero-order valence-corrected chi connectivity index (χ0v) is 11.7. The van der Waals surface area contributed by atoms with Crippen LogP contribution in [0.5, 0.6) is 0 Å². The standard InChI is InChI=1S/C13H16FNO4S/c14-10-2-1-3-12(8-10)20(17,18)9-13(16)15-11-4-6-19-7-5-11/h1-3,8,11H,4-7,9H2,(H,15,16). The molecule has 1 heterocycles. The van der Waals surface area contributed by atoms with Gasteiger partial charge in [0.1, 0.15) is 11.6 Å². The van der Waals surface area contributed by atoms with Crippen molar-refractivity contribution in [2.45, 2.75) is 23.8 Å². The maximum atomic E-state index is 13.0. The number of amides is 1. The predicted molar refractivity (Wildman–Crippen MR) is 70.4 cm³/mol. The van der Waals surface area contributed by atoms with Crippen molar-refractivity contribution in [3.63, 3.8) is 0 Å². The zero-order valence-electron chi connectivity index (χ0n) is 10.8. The molecule has 1 aliphatic rings. The van der Waals surface area contributed by atoms with Crippen LogP contribution in [-0.2, 0) is 19.4 Å². The summed E-state index contributed by atoms with van der Waals surface area (Å²) in [6.07, 6.45) is 1.34. The first-order valence-corrected chi connectivity index (χ1v) is 7.98. The molecule has 20 heavy (non-hydrogen) atoms. The van der Waals surface area contributed by atoms with Crippen LogP contribution >= 0.6 is 0 Å². The van der Waals surface area contributed by atoms with E-state index >= 15 is 0 Å². The van der Waals surface area contributed by atoms with Gasteiger partial charge in [-0.3, -0.25) is 4.79 Å². The second-order valence-electron chi connectivity index (χ2n) is 4.67. The molecule has 1 saturated heterocycles. The van der Waals surface area contributed by atoms with Crippen LogP contribution in [0.3, 0.4) is 0 Å². The van der Waals surface area contributed by atoms with Gasteiger partial charge in [0.15, 0.2) is 9.84 Å². The number of sulfone groups is 1. The number of benzene rings is 1. The fourth-order valence-electron chi connectivity index (χ4n) is 2.03. The van der Waals surface area contributed by atoms with E-state index in [1.54, 1.807) is 0 Å². The van der Waals surface area contributed by atoms with Gasteiger partial charge in [0.2, 0.25) is 5.91 Å². The largest absolute Gasteiger partial charge is 0.381 e. The highest BCUT2D eigenvalue weighted by Crippen LogP contribution is 2.13. The summed E-state index contributed by atoms with van der Waals surface area (Å²) < 4.78 is 42.2. The third-order valence-corrected chi connectivity index (χ3v) is 4.68. The molecule has 0 atom stereocenters. The lowest BCUT2D eigenvalue weighted by molar-refractivity contribution is -0.119. The Bertz CT molecular complexity index is 582. The molecule has 5 nitrogen and oxygen atoms in total. The van der Waals surface area contributed by atoms with Crippen LogP contribution in [0.2, 0.25) is 0 Å². The van der Waals surface area contributed by atoms with E-state index in [0.29, 0.717) is 26.1 Å². The molecule has 7 heteroatoms. The Labute approximate surface area is 117 Å². The maximum absolute atomic E-state index is 13.0. The number of halogens is 1. The molecular weight excluding hydrogens is 285 g/mol. The van der Waals surface area contributed by atoms with E-state index in [-0.39, 0.29) is 10.9 Å². The Hall–Kier alpha value is -1.47. The van der Waals surface area contributed by atoms with E-state index in [1.165, 1.54) is 12.1 Å². The fraction of sp³-hybridized carbons (Fsp3) is 0.462. The second-order valence-corrected chi connectivity index (χ2v) is 6.66. The summed E-state index contributed by atoms with van der Waals surface area (Å²) in [6, 6.07) is 4.59. The predicted octanol–water partition coefficient (Wildman–Crippen LogP) is 0.895. The minimum Gasteiger partial charge on any atom is -0.381 e. The van der Waals surface area contributed by atoms with Crippen molar-refractivity contribution in [1.29, 1.82) is 0 Å². The van der Waals surface area contributed by atoms with Gasteiger partial charge in [-0.25, -0.2) is 12.8 Å². The lowest BCUT2D eigenvalue weighted by Gasteiger charge is -2.23. The summed E-state index contributed by atoms with van der Waals surface area (Å²) in [4.78, 5) is 11.6. The molecule has 1 aromatic rings. The summed E-state index contributed by atoms with van der Waals surface area (Å²) in [6.45, 7) is 1.11. The smallest absolute Gasteiger partial charge is 0.235 e. The monoisotopic (exact) mass is 301 g/mol. The van der Waals surface area contributed by atoms with E-state index in [0.717, 1.165) is 12.1 Å². The highest BCUT2D eigenvalue weighted by Gasteiger charge is 2.22. The highest BCUT2D eigenvalue weighted by atomic mass is 32.2. The van der Waals surface area contributed by atoms with Crippen molar-refractivity contribution in [3.8, 4) is 0 Å². The van der Waals surface area contributed by atoms with Crippen molar-refractivity contribution in [1.82, 2.24) is 5.32 Å². The molecular formula is C13H16FNO4S. The van der Waals surface area contributed by atoms with Gasteiger partial charge >= 0.3 is 0 Å². The third kappa shape index (κ3) is 4.01. The third-order valence-electron chi connectivity index (χ3n) is 3.06. The molecule has 2 rings (SSSR count). The van der Waals surface area contributed by atoms with Crippen LogP contribution in [-0.4, -0.2) is 39.3 Å². The van der Waals surface area contributed by atoms with Gasteiger partial charge in [0.05, 0.1) is 4.90 Å². The molecule has 110 valence electrons. The molecule has 0 spiro atoms.